The lowest BCUT2D eigenvalue weighted by Crippen LogP contribution is -2.47. The molecule has 0 aliphatic carbocycles. The zero-order chi connectivity index (χ0) is 16.6. The quantitative estimate of drug-likeness (QED) is 0.849. The van der Waals surface area contributed by atoms with Crippen molar-refractivity contribution in [3.8, 4) is 0 Å². The van der Waals surface area contributed by atoms with E-state index in [1.165, 1.54) is 12.4 Å². The number of hydrogen-bond donors (Lipinski definition) is 1. The van der Waals surface area contributed by atoms with Crippen LogP contribution in [0, 0.1) is 5.82 Å². The molecule has 2 heterocycles. The number of nitrogens with one attached hydrogen (secondary N) is 1. The van der Waals surface area contributed by atoms with Gasteiger partial charge in [-0.25, -0.2) is 27.5 Å². The van der Waals surface area contributed by atoms with Gasteiger partial charge < -0.3 is 4.90 Å². The first-order valence-electron chi connectivity index (χ1n) is 7.15. The second-order valence-electron chi connectivity index (χ2n) is 5.66. The molecular weight excluding hydrogens is 387 g/mol. The summed E-state index contributed by atoms with van der Waals surface area (Å²) >= 11 is 3.15. The Hall–Kier alpha value is -1.32. The minimum absolute atomic E-state index is 0.177. The van der Waals surface area contributed by atoms with Gasteiger partial charge >= 0.3 is 0 Å². The zero-order valence-electron chi connectivity index (χ0n) is 12.5. The lowest BCUT2D eigenvalue weighted by molar-refractivity contribution is 0.466. The van der Waals surface area contributed by atoms with E-state index in [9.17, 15) is 12.8 Å². The van der Waals surface area contributed by atoms with E-state index < -0.39 is 10.0 Å². The molecule has 0 bridgehead atoms. The molecule has 1 unspecified atom stereocenters. The van der Waals surface area contributed by atoms with E-state index in [0.717, 1.165) is 25.6 Å². The van der Waals surface area contributed by atoms with Gasteiger partial charge in [0.05, 0.1) is 16.2 Å². The number of hydrogen-bond acceptors (Lipinski definition) is 5. The Bertz CT molecular complexity index is 846. The molecule has 1 fully saturated rings. The molecule has 0 saturated carbocycles. The van der Waals surface area contributed by atoms with Gasteiger partial charge in [-0.05, 0) is 40.9 Å². The molecular formula is C14H16BrFN4O2S. The molecule has 1 aliphatic rings. The second kappa shape index (κ2) is 6.29. The summed E-state index contributed by atoms with van der Waals surface area (Å²) in [6, 6.07) is 2.85. The lowest BCUT2D eigenvalue weighted by atomic mass is 10.1. The summed E-state index contributed by atoms with van der Waals surface area (Å²) in [5.41, 5.74) is 0.640. The molecule has 1 aliphatic heterocycles. The fourth-order valence-corrected chi connectivity index (χ4v) is 3.99. The van der Waals surface area contributed by atoms with Crippen LogP contribution in [0.4, 0.5) is 10.2 Å². The molecule has 1 aromatic heterocycles. The van der Waals surface area contributed by atoms with Gasteiger partial charge in [-0.3, -0.25) is 0 Å². The van der Waals surface area contributed by atoms with E-state index in [1.807, 2.05) is 4.90 Å². The van der Waals surface area contributed by atoms with E-state index >= 15 is 0 Å². The van der Waals surface area contributed by atoms with Crippen molar-refractivity contribution in [2.75, 3.05) is 24.2 Å². The Labute approximate surface area is 142 Å². The summed E-state index contributed by atoms with van der Waals surface area (Å²) < 4.78 is 39.7. The molecule has 0 amide bonds. The molecule has 23 heavy (non-hydrogen) atoms. The fraction of sp³-hybridized carbons (Fsp3) is 0.429. The molecule has 1 saturated heterocycles. The van der Waals surface area contributed by atoms with Crippen LogP contribution in [-0.2, 0) is 10.0 Å². The van der Waals surface area contributed by atoms with Crippen molar-refractivity contribution < 1.29 is 12.8 Å². The molecule has 9 heteroatoms. The summed E-state index contributed by atoms with van der Waals surface area (Å²) in [5.74, 6) is 0.248. The molecule has 0 radical (unpaired) electrons. The van der Waals surface area contributed by atoms with Crippen LogP contribution in [0.1, 0.15) is 12.8 Å². The monoisotopic (exact) mass is 402 g/mol. The average molecular weight is 403 g/mol. The molecule has 2 aromatic rings. The number of rotatable bonds is 3. The number of aromatic nitrogens is 2. The standard InChI is InChI=1S/C14H16BrFN4O2S/c1-23(21,22)19-9-3-2-4-20(7-9)14-10-5-12(16)11(15)6-13(10)17-8-18-14/h5-6,8-9,19H,2-4,7H2,1H3. The Morgan fingerprint density at radius 1 is 1.39 bits per heavy atom. The molecule has 0 spiro atoms. The van der Waals surface area contributed by atoms with E-state index in [4.69, 9.17) is 0 Å². The number of halogens is 2. The molecule has 1 aromatic carbocycles. The number of sulfonamides is 1. The first-order chi connectivity index (χ1) is 10.8. The second-order valence-corrected chi connectivity index (χ2v) is 8.29. The van der Waals surface area contributed by atoms with Crippen molar-refractivity contribution in [3.05, 3.63) is 28.7 Å². The highest BCUT2D eigenvalue weighted by Crippen LogP contribution is 2.29. The number of anilines is 1. The minimum Gasteiger partial charge on any atom is -0.354 e. The third-order valence-corrected chi connectivity index (χ3v) is 5.13. The van der Waals surface area contributed by atoms with Gasteiger partial charge in [-0.2, -0.15) is 0 Å². The third kappa shape index (κ3) is 3.78. The van der Waals surface area contributed by atoms with Crippen LogP contribution in [0.5, 0.6) is 0 Å². The van der Waals surface area contributed by atoms with Crippen molar-refractivity contribution in [2.45, 2.75) is 18.9 Å². The Balaban J connectivity index is 1.95. The van der Waals surface area contributed by atoms with E-state index in [-0.39, 0.29) is 11.9 Å². The number of piperidine rings is 1. The van der Waals surface area contributed by atoms with Crippen molar-refractivity contribution >= 4 is 42.7 Å². The predicted octanol–water partition coefficient (Wildman–Crippen LogP) is 2.05. The van der Waals surface area contributed by atoms with Crippen molar-refractivity contribution in [2.24, 2.45) is 0 Å². The topological polar surface area (TPSA) is 75.2 Å². The highest BCUT2D eigenvalue weighted by Gasteiger charge is 2.24. The highest BCUT2D eigenvalue weighted by molar-refractivity contribution is 9.10. The average Bonchev–Trinajstić information content (AvgIpc) is 2.46. The van der Waals surface area contributed by atoms with Gasteiger partial charge in [0.25, 0.3) is 0 Å². The normalized spacial score (nSPS) is 19.3. The lowest BCUT2D eigenvalue weighted by Gasteiger charge is -2.34. The van der Waals surface area contributed by atoms with Crippen molar-refractivity contribution in [3.63, 3.8) is 0 Å². The maximum absolute atomic E-state index is 13.9. The van der Waals surface area contributed by atoms with E-state index in [1.54, 1.807) is 6.07 Å². The molecule has 124 valence electrons. The molecule has 3 rings (SSSR count). The van der Waals surface area contributed by atoms with Crippen molar-refractivity contribution in [1.29, 1.82) is 0 Å². The summed E-state index contributed by atoms with van der Waals surface area (Å²) in [7, 11) is -3.26. The van der Waals surface area contributed by atoms with Crippen molar-refractivity contribution in [1.82, 2.24) is 14.7 Å². The van der Waals surface area contributed by atoms with Crippen LogP contribution in [0.25, 0.3) is 10.9 Å². The predicted molar refractivity (Wildman–Crippen MR) is 90.4 cm³/mol. The SMILES string of the molecule is CS(=O)(=O)NC1CCCN(c2ncnc3cc(Br)c(F)cc23)C1. The van der Waals surface area contributed by atoms with E-state index in [0.29, 0.717) is 27.7 Å². The van der Waals surface area contributed by atoms with Gasteiger partial charge in [0.15, 0.2) is 0 Å². The summed E-state index contributed by atoms with van der Waals surface area (Å²) in [6.45, 7) is 1.24. The van der Waals surface area contributed by atoms with Crippen LogP contribution in [-0.4, -0.2) is 43.8 Å². The largest absolute Gasteiger partial charge is 0.354 e. The number of fused-ring (bicyclic) bond motifs is 1. The van der Waals surface area contributed by atoms with E-state index in [2.05, 4.69) is 30.6 Å². The third-order valence-electron chi connectivity index (χ3n) is 3.76. The fourth-order valence-electron chi connectivity index (χ4n) is 2.86. The smallest absolute Gasteiger partial charge is 0.209 e. The van der Waals surface area contributed by atoms with Gasteiger partial charge in [-0.15, -0.1) is 0 Å². The summed E-state index contributed by atoms with van der Waals surface area (Å²) in [5, 5.41) is 0.619. The maximum atomic E-state index is 13.9. The van der Waals surface area contributed by atoms with Gasteiger partial charge in [-0.1, -0.05) is 0 Å². The Morgan fingerprint density at radius 3 is 2.91 bits per heavy atom. The minimum atomic E-state index is -3.26. The van der Waals surface area contributed by atoms with Crippen LogP contribution in [0.2, 0.25) is 0 Å². The Morgan fingerprint density at radius 2 is 2.17 bits per heavy atom. The van der Waals surface area contributed by atoms with Crippen LogP contribution in [0.15, 0.2) is 22.9 Å². The van der Waals surface area contributed by atoms with Crippen LogP contribution in [0.3, 0.4) is 0 Å². The van der Waals surface area contributed by atoms with Crippen LogP contribution >= 0.6 is 15.9 Å². The maximum Gasteiger partial charge on any atom is 0.209 e. The van der Waals surface area contributed by atoms with Gasteiger partial charge in [0, 0.05) is 24.5 Å². The Kier molecular flexibility index (Phi) is 4.52. The highest BCUT2D eigenvalue weighted by atomic mass is 79.9. The number of nitrogens with zero attached hydrogens (tertiary/aromatic N) is 3. The number of benzene rings is 1. The van der Waals surface area contributed by atoms with Crippen LogP contribution < -0.4 is 9.62 Å². The molecule has 6 nitrogen and oxygen atoms in total. The molecule has 1 N–H and O–H groups in total. The zero-order valence-corrected chi connectivity index (χ0v) is 14.9. The first-order valence-corrected chi connectivity index (χ1v) is 9.84. The molecule has 1 atom stereocenters. The summed E-state index contributed by atoms with van der Waals surface area (Å²) in [6.07, 6.45) is 4.19. The first kappa shape index (κ1) is 16.5. The van der Waals surface area contributed by atoms with Gasteiger partial charge in [0.1, 0.15) is 18.0 Å². The van der Waals surface area contributed by atoms with Gasteiger partial charge in [0.2, 0.25) is 10.0 Å². The summed E-state index contributed by atoms with van der Waals surface area (Å²) in [4.78, 5) is 10.4.